The van der Waals surface area contributed by atoms with E-state index in [0.29, 0.717) is 25.6 Å². The van der Waals surface area contributed by atoms with Gasteiger partial charge in [0.15, 0.2) is 0 Å². The molecule has 0 atom stereocenters. The zero-order chi connectivity index (χ0) is 19.9. The number of alkyl halides is 2. The molecule has 4 nitrogen and oxygen atoms in total. The molecule has 0 bridgehead atoms. The zero-order valence-electron chi connectivity index (χ0n) is 16.0. The SMILES string of the molecule is Cc1ccc(CN(CC(=O)NCCc2ccc(OC(F)F)cc2)C2CC2)cc1. The van der Waals surface area contributed by atoms with Crippen molar-refractivity contribution in [2.75, 3.05) is 13.1 Å². The largest absolute Gasteiger partial charge is 0.435 e. The summed E-state index contributed by atoms with van der Waals surface area (Å²) < 4.78 is 28.6. The van der Waals surface area contributed by atoms with Crippen LogP contribution in [0.5, 0.6) is 5.75 Å². The van der Waals surface area contributed by atoms with Gasteiger partial charge in [0.05, 0.1) is 6.54 Å². The van der Waals surface area contributed by atoms with Crippen molar-refractivity contribution < 1.29 is 18.3 Å². The molecule has 1 fully saturated rings. The highest BCUT2D eigenvalue weighted by atomic mass is 19.3. The van der Waals surface area contributed by atoms with Crippen LogP contribution in [0, 0.1) is 6.92 Å². The second-order valence-electron chi connectivity index (χ2n) is 7.24. The predicted molar refractivity (Wildman–Crippen MR) is 104 cm³/mol. The number of rotatable bonds is 10. The Kier molecular flexibility index (Phi) is 6.98. The van der Waals surface area contributed by atoms with Gasteiger partial charge in [-0.25, -0.2) is 0 Å². The van der Waals surface area contributed by atoms with Crippen LogP contribution in [0.1, 0.15) is 29.5 Å². The molecule has 28 heavy (non-hydrogen) atoms. The summed E-state index contributed by atoms with van der Waals surface area (Å²) in [6.45, 7) is 0.926. The maximum absolute atomic E-state index is 12.3. The van der Waals surface area contributed by atoms with Crippen LogP contribution in [0.15, 0.2) is 48.5 Å². The summed E-state index contributed by atoms with van der Waals surface area (Å²) >= 11 is 0. The smallest absolute Gasteiger partial charge is 0.387 e. The molecule has 0 aliphatic heterocycles. The molecule has 0 radical (unpaired) electrons. The van der Waals surface area contributed by atoms with Gasteiger partial charge in [-0.15, -0.1) is 0 Å². The Morgan fingerprint density at radius 1 is 1.11 bits per heavy atom. The van der Waals surface area contributed by atoms with Crippen LogP contribution in [-0.2, 0) is 17.8 Å². The Morgan fingerprint density at radius 3 is 2.36 bits per heavy atom. The molecule has 1 amide bonds. The highest BCUT2D eigenvalue weighted by Gasteiger charge is 2.30. The van der Waals surface area contributed by atoms with E-state index in [0.717, 1.165) is 24.9 Å². The molecule has 1 aliphatic carbocycles. The summed E-state index contributed by atoms with van der Waals surface area (Å²) in [5, 5.41) is 2.95. The van der Waals surface area contributed by atoms with Gasteiger partial charge in [0.25, 0.3) is 0 Å². The summed E-state index contributed by atoms with van der Waals surface area (Å²) in [5.41, 5.74) is 3.41. The highest BCUT2D eigenvalue weighted by molar-refractivity contribution is 5.78. The monoisotopic (exact) mass is 388 g/mol. The van der Waals surface area contributed by atoms with Gasteiger partial charge in [0.2, 0.25) is 5.91 Å². The fourth-order valence-corrected chi connectivity index (χ4v) is 3.11. The quantitative estimate of drug-likeness (QED) is 0.671. The molecule has 0 heterocycles. The van der Waals surface area contributed by atoms with E-state index >= 15 is 0 Å². The topological polar surface area (TPSA) is 41.6 Å². The van der Waals surface area contributed by atoms with Crippen LogP contribution < -0.4 is 10.1 Å². The van der Waals surface area contributed by atoms with Crippen molar-refractivity contribution in [1.82, 2.24) is 10.2 Å². The molecule has 1 aliphatic rings. The summed E-state index contributed by atoms with van der Waals surface area (Å²) in [6, 6.07) is 15.4. The van der Waals surface area contributed by atoms with Crippen LogP contribution >= 0.6 is 0 Å². The Morgan fingerprint density at radius 2 is 1.75 bits per heavy atom. The van der Waals surface area contributed by atoms with Gasteiger partial charge >= 0.3 is 6.61 Å². The Balaban J connectivity index is 1.43. The average Bonchev–Trinajstić information content (AvgIpc) is 3.49. The van der Waals surface area contributed by atoms with Gasteiger partial charge in [-0.05, 0) is 49.4 Å². The predicted octanol–water partition coefficient (Wildman–Crippen LogP) is 3.92. The molecule has 0 saturated heterocycles. The number of carbonyl (C=O) groups excluding carboxylic acids is 1. The van der Waals surface area contributed by atoms with Crippen LogP contribution in [-0.4, -0.2) is 36.5 Å². The van der Waals surface area contributed by atoms with Gasteiger partial charge in [0.1, 0.15) is 5.75 Å². The highest BCUT2D eigenvalue weighted by Crippen LogP contribution is 2.28. The Labute approximate surface area is 164 Å². The van der Waals surface area contributed by atoms with Crippen molar-refractivity contribution in [1.29, 1.82) is 0 Å². The van der Waals surface area contributed by atoms with E-state index in [4.69, 9.17) is 0 Å². The van der Waals surface area contributed by atoms with E-state index in [2.05, 4.69) is 46.1 Å². The molecular weight excluding hydrogens is 362 g/mol. The molecule has 2 aromatic carbocycles. The summed E-state index contributed by atoms with van der Waals surface area (Å²) in [5.74, 6) is 0.149. The molecule has 1 saturated carbocycles. The third-order valence-corrected chi connectivity index (χ3v) is 4.80. The van der Waals surface area contributed by atoms with E-state index in [1.54, 1.807) is 12.1 Å². The number of benzene rings is 2. The van der Waals surface area contributed by atoms with Crippen molar-refractivity contribution >= 4 is 5.91 Å². The molecule has 2 aromatic rings. The maximum Gasteiger partial charge on any atom is 0.387 e. The molecule has 0 unspecified atom stereocenters. The van der Waals surface area contributed by atoms with Crippen molar-refractivity contribution in [3.8, 4) is 5.75 Å². The van der Waals surface area contributed by atoms with Gasteiger partial charge in [-0.1, -0.05) is 42.0 Å². The molecule has 0 aromatic heterocycles. The fraction of sp³-hybridized carbons (Fsp3) is 0.409. The zero-order valence-corrected chi connectivity index (χ0v) is 16.0. The number of nitrogens with zero attached hydrogens (tertiary/aromatic N) is 1. The first kappa shape index (κ1) is 20.3. The first-order valence-corrected chi connectivity index (χ1v) is 9.59. The Bertz CT molecular complexity index is 759. The molecule has 3 rings (SSSR count). The molecular formula is C22H26F2N2O2. The molecule has 150 valence electrons. The lowest BCUT2D eigenvalue weighted by molar-refractivity contribution is -0.122. The Hall–Kier alpha value is -2.47. The summed E-state index contributed by atoms with van der Waals surface area (Å²) in [7, 11) is 0. The number of hydrogen-bond acceptors (Lipinski definition) is 3. The molecule has 1 N–H and O–H groups in total. The van der Waals surface area contributed by atoms with E-state index in [1.165, 1.54) is 23.3 Å². The minimum absolute atomic E-state index is 0.0108. The minimum Gasteiger partial charge on any atom is -0.435 e. The number of nitrogens with one attached hydrogen (secondary N) is 1. The summed E-state index contributed by atoms with van der Waals surface area (Å²) in [4.78, 5) is 14.6. The van der Waals surface area contributed by atoms with Crippen molar-refractivity contribution in [2.24, 2.45) is 0 Å². The van der Waals surface area contributed by atoms with Crippen molar-refractivity contribution in [3.05, 3.63) is 65.2 Å². The van der Waals surface area contributed by atoms with E-state index in [9.17, 15) is 13.6 Å². The standard InChI is InChI=1S/C22H26F2N2O2/c1-16-2-4-18(5-3-16)14-26(19-8-9-19)15-21(27)25-13-12-17-6-10-20(11-7-17)28-22(23)24/h2-7,10-11,19,22H,8-9,12-15H2,1H3,(H,25,27). The van der Waals surface area contributed by atoms with E-state index in [-0.39, 0.29) is 11.7 Å². The lowest BCUT2D eigenvalue weighted by atomic mass is 10.1. The second-order valence-corrected chi connectivity index (χ2v) is 7.24. The first-order valence-electron chi connectivity index (χ1n) is 9.59. The lowest BCUT2D eigenvalue weighted by Crippen LogP contribution is -2.38. The number of ether oxygens (including phenoxy) is 1. The summed E-state index contributed by atoms with van der Waals surface area (Å²) in [6.07, 6.45) is 2.93. The fourth-order valence-electron chi connectivity index (χ4n) is 3.11. The minimum atomic E-state index is -2.82. The third kappa shape index (κ3) is 6.60. The molecule has 0 spiro atoms. The number of carbonyl (C=O) groups is 1. The van der Waals surface area contributed by atoms with Gasteiger partial charge in [-0.2, -0.15) is 8.78 Å². The number of aryl methyl sites for hydroxylation is 1. The van der Waals surface area contributed by atoms with Gasteiger partial charge in [0, 0.05) is 19.1 Å². The lowest BCUT2D eigenvalue weighted by Gasteiger charge is -2.21. The van der Waals surface area contributed by atoms with Crippen LogP contribution in [0.2, 0.25) is 0 Å². The van der Waals surface area contributed by atoms with Crippen LogP contribution in [0.4, 0.5) is 8.78 Å². The maximum atomic E-state index is 12.3. The molecule has 6 heteroatoms. The van der Waals surface area contributed by atoms with Crippen LogP contribution in [0.3, 0.4) is 0 Å². The number of halogens is 2. The second kappa shape index (κ2) is 9.64. The number of amides is 1. The van der Waals surface area contributed by atoms with Gasteiger partial charge < -0.3 is 10.1 Å². The van der Waals surface area contributed by atoms with Gasteiger partial charge in [-0.3, -0.25) is 9.69 Å². The normalized spacial score (nSPS) is 13.8. The van der Waals surface area contributed by atoms with Crippen molar-refractivity contribution in [3.63, 3.8) is 0 Å². The van der Waals surface area contributed by atoms with Crippen LogP contribution in [0.25, 0.3) is 0 Å². The van der Waals surface area contributed by atoms with E-state index in [1.807, 2.05) is 0 Å². The first-order chi connectivity index (χ1) is 13.5. The van der Waals surface area contributed by atoms with Crippen molar-refractivity contribution in [2.45, 2.75) is 45.4 Å². The third-order valence-electron chi connectivity index (χ3n) is 4.80. The van der Waals surface area contributed by atoms with E-state index < -0.39 is 6.61 Å². The average molecular weight is 388 g/mol. The number of hydrogen-bond donors (Lipinski definition) is 1.